The maximum absolute atomic E-state index is 13.9. The average molecular weight is 329 g/mol. The van der Waals surface area contributed by atoms with Crippen molar-refractivity contribution in [2.24, 2.45) is 0 Å². The largest absolute Gasteiger partial charge is 0.486 e. The summed E-state index contributed by atoms with van der Waals surface area (Å²) in [7, 11) is 0. The number of halogens is 3. The Morgan fingerprint density at radius 2 is 1.71 bits per heavy atom. The van der Waals surface area contributed by atoms with Crippen LogP contribution in [0.3, 0.4) is 0 Å². The average Bonchev–Trinajstić information content (AvgIpc) is 2.46. The van der Waals surface area contributed by atoms with Gasteiger partial charge in [-0.2, -0.15) is 0 Å². The van der Waals surface area contributed by atoms with Crippen LogP contribution in [-0.2, 0) is 0 Å². The number of ether oxygens (including phenoxy) is 2. The Balaban J connectivity index is 2.07. The van der Waals surface area contributed by atoms with Crippen molar-refractivity contribution in [3.8, 4) is 11.5 Å². The number of aliphatic hydroxyl groups excluding tert-OH is 1. The van der Waals surface area contributed by atoms with Gasteiger partial charge in [-0.25, -0.2) is 4.39 Å². The third-order valence-corrected chi connectivity index (χ3v) is 3.89. The van der Waals surface area contributed by atoms with Crippen LogP contribution in [0, 0.1) is 5.82 Å². The Labute approximate surface area is 130 Å². The minimum Gasteiger partial charge on any atom is -0.486 e. The summed E-state index contributed by atoms with van der Waals surface area (Å²) in [6.07, 6.45) is -1.29. The summed E-state index contributed by atoms with van der Waals surface area (Å²) in [5, 5.41) is 10.8. The molecule has 0 saturated heterocycles. The van der Waals surface area contributed by atoms with Crippen LogP contribution in [0.15, 0.2) is 30.3 Å². The van der Waals surface area contributed by atoms with Gasteiger partial charge in [-0.15, -0.1) is 0 Å². The third kappa shape index (κ3) is 2.67. The summed E-state index contributed by atoms with van der Waals surface area (Å²) in [5.41, 5.74) is 0.297. The van der Waals surface area contributed by atoms with Gasteiger partial charge in [-0.3, -0.25) is 0 Å². The van der Waals surface area contributed by atoms with Crippen molar-refractivity contribution >= 4 is 23.2 Å². The SMILES string of the molecule is OC(c1cc2c(cc1Cl)OCCO2)c1c(F)cccc1Cl. The summed E-state index contributed by atoms with van der Waals surface area (Å²) in [5.74, 6) is 0.370. The van der Waals surface area contributed by atoms with Gasteiger partial charge in [-0.05, 0) is 18.2 Å². The molecular weight excluding hydrogens is 318 g/mol. The standard InChI is InChI=1S/C15H11Cl2FO3/c16-9-2-1-3-11(18)14(9)15(19)8-6-12-13(7-10(8)17)21-5-4-20-12/h1-3,6-7,15,19H,4-5H2. The van der Waals surface area contributed by atoms with Crippen molar-refractivity contribution in [1.82, 2.24) is 0 Å². The summed E-state index contributed by atoms with van der Waals surface area (Å²) >= 11 is 12.1. The Morgan fingerprint density at radius 1 is 1.05 bits per heavy atom. The van der Waals surface area contributed by atoms with E-state index in [1.807, 2.05) is 0 Å². The molecule has 2 aromatic carbocycles. The molecule has 0 bridgehead atoms. The van der Waals surface area contributed by atoms with Gasteiger partial charge in [-0.1, -0.05) is 29.3 Å². The van der Waals surface area contributed by atoms with Crippen LogP contribution in [0.1, 0.15) is 17.2 Å². The highest BCUT2D eigenvalue weighted by Gasteiger charge is 2.24. The predicted molar refractivity (Wildman–Crippen MR) is 77.9 cm³/mol. The first kappa shape index (κ1) is 14.4. The number of fused-ring (bicyclic) bond motifs is 1. The van der Waals surface area contributed by atoms with E-state index >= 15 is 0 Å². The second-order valence-electron chi connectivity index (χ2n) is 4.56. The lowest BCUT2D eigenvalue weighted by Crippen LogP contribution is -2.16. The zero-order chi connectivity index (χ0) is 15.0. The lowest BCUT2D eigenvalue weighted by Gasteiger charge is -2.22. The minimum atomic E-state index is -1.29. The highest BCUT2D eigenvalue weighted by atomic mass is 35.5. The van der Waals surface area contributed by atoms with Crippen LogP contribution in [0.5, 0.6) is 11.5 Å². The molecular formula is C15H11Cl2FO3. The maximum Gasteiger partial charge on any atom is 0.162 e. The van der Waals surface area contributed by atoms with E-state index in [4.69, 9.17) is 32.7 Å². The van der Waals surface area contributed by atoms with Gasteiger partial charge in [0.05, 0.1) is 5.02 Å². The molecule has 3 nitrogen and oxygen atoms in total. The first-order valence-corrected chi connectivity index (χ1v) is 7.04. The van der Waals surface area contributed by atoms with Crippen molar-refractivity contribution in [2.75, 3.05) is 13.2 Å². The number of hydrogen-bond acceptors (Lipinski definition) is 3. The van der Waals surface area contributed by atoms with Crippen molar-refractivity contribution in [2.45, 2.75) is 6.10 Å². The summed E-state index contributed by atoms with van der Waals surface area (Å²) in [6.45, 7) is 0.842. The van der Waals surface area contributed by atoms with Crippen molar-refractivity contribution in [3.05, 3.63) is 57.3 Å². The third-order valence-electron chi connectivity index (χ3n) is 3.23. The fraction of sp³-hybridized carbons (Fsp3) is 0.200. The molecule has 1 aliphatic rings. The molecule has 2 aromatic rings. The maximum atomic E-state index is 13.9. The Morgan fingerprint density at radius 3 is 2.38 bits per heavy atom. The number of hydrogen-bond donors (Lipinski definition) is 1. The summed E-state index contributed by atoms with van der Waals surface area (Å²) < 4.78 is 24.8. The van der Waals surface area contributed by atoms with Gasteiger partial charge >= 0.3 is 0 Å². The molecule has 6 heteroatoms. The number of benzene rings is 2. The predicted octanol–water partition coefficient (Wildman–Crippen LogP) is 3.99. The van der Waals surface area contributed by atoms with Gasteiger partial charge in [0.2, 0.25) is 0 Å². The quantitative estimate of drug-likeness (QED) is 0.906. The molecule has 0 saturated carbocycles. The lowest BCUT2D eigenvalue weighted by molar-refractivity contribution is 0.169. The molecule has 21 heavy (non-hydrogen) atoms. The molecule has 0 aliphatic carbocycles. The number of aliphatic hydroxyl groups is 1. The monoisotopic (exact) mass is 328 g/mol. The molecule has 1 aliphatic heterocycles. The highest BCUT2D eigenvalue weighted by Crippen LogP contribution is 2.40. The molecule has 1 unspecified atom stereocenters. The molecule has 0 spiro atoms. The van der Waals surface area contributed by atoms with Gasteiger partial charge < -0.3 is 14.6 Å². The first-order valence-electron chi connectivity index (χ1n) is 6.29. The van der Waals surface area contributed by atoms with E-state index in [2.05, 4.69) is 0 Å². The van der Waals surface area contributed by atoms with E-state index in [9.17, 15) is 9.50 Å². The molecule has 0 fully saturated rings. The Kier molecular flexibility index (Phi) is 3.93. The van der Waals surface area contributed by atoms with E-state index in [-0.39, 0.29) is 15.6 Å². The molecule has 0 aromatic heterocycles. The zero-order valence-corrected chi connectivity index (χ0v) is 12.3. The van der Waals surface area contributed by atoms with Gasteiger partial charge in [0.1, 0.15) is 25.1 Å². The molecule has 0 radical (unpaired) electrons. The fourth-order valence-electron chi connectivity index (χ4n) is 2.22. The molecule has 0 amide bonds. The minimum absolute atomic E-state index is 0.0160. The van der Waals surface area contributed by atoms with Gasteiger partial charge in [0.25, 0.3) is 0 Å². The first-order chi connectivity index (χ1) is 10.1. The topological polar surface area (TPSA) is 38.7 Å². The molecule has 110 valence electrons. The normalized spacial score (nSPS) is 14.9. The lowest BCUT2D eigenvalue weighted by atomic mass is 10.00. The highest BCUT2D eigenvalue weighted by molar-refractivity contribution is 6.32. The second-order valence-corrected chi connectivity index (χ2v) is 5.37. The van der Waals surface area contributed by atoms with Crippen LogP contribution in [0.2, 0.25) is 10.0 Å². The molecule has 1 atom stereocenters. The second kappa shape index (κ2) is 5.72. The molecule has 1 N–H and O–H groups in total. The van der Waals surface area contributed by atoms with E-state index in [0.29, 0.717) is 30.3 Å². The van der Waals surface area contributed by atoms with Crippen LogP contribution in [-0.4, -0.2) is 18.3 Å². The summed E-state index contributed by atoms with van der Waals surface area (Å²) in [4.78, 5) is 0. The van der Waals surface area contributed by atoms with Gasteiger partial charge in [0.15, 0.2) is 11.5 Å². The smallest absolute Gasteiger partial charge is 0.162 e. The van der Waals surface area contributed by atoms with Crippen molar-refractivity contribution < 1.29 is 19.0 Å². The van der Waals surface area contributed by atoms with E-state index in [1.54, 1.807) is 12.1 Å². The van der Waals surface area contributed by atoms with Crippen LogP contribution >= 0.6 is 23.2 Å². The molecule has 1 heterocycles. The Hall–Kier alpha value is -1.49. The van der Waals surface area contributed by atoms with E-state index < -0.39 is 11.9 Å². The fourth-order valence-corrected chi connectivity index (χ4v) is 2.74. The zero-order valence-electron chi connectivity index (χ0n) is 10.8. The van der Waals surface area contributed by atoms with Crippen molar-refractivity contribution in [3.63, 3.8) is 0 Å². The number of rotatable bonds is 2. The van der Waals surface area contributed by atoms with Crippen LogP contribution in [0.25, 0.3) is 0 Å². The van der Waals surface area contributed by atoms with Crippen molar-refractivity contribution in [1.29, 1.82) is 0 Å². The summed E-state index contributed by atoms with van der Waals surface area (Å²) in [6, 6.07) is 7.30. The Bertz CT molecular complexity index is 671. The van der Waals surface area contributed by atoms with E-state index in [0.717, 1.165) is 0 Å². The van der Waals surface area contributed by atoms with Crippen LogP contribution in [0.4, 0.5) is 4.39 Å². The van der Waals surface area contributed by atoms with Crippen LogP contribution < -0.4 is 9.47 Å². The molecule has 3 rings (SSSR count). The van der Waals surface area contributed by atoms with E-state index in [1.165, 1.54) is 18.2 Å². The van der Waals surface area contributed by atoms with Gasteiger partial charge in [0, 0.05) is 22.2 Å².